The summed E-state index contributed by atoms with van der Waals surface area (Å²) in [5, 5.41) is 0. The number of furan rings is 1. The maximum Gasteiger partial charge on any atom is 0.342 e. The van der Waals surface area contributed by atoms with E-state index < -0.39 is 64.2 Å². The fourth-order valence-electron chi connectivity index (χ4n) is 7.58. The van der Waals surface area contributed by atoms with E-state index in [0.717, 1.165) is 5.56 Å². The lowest BCUT2D eigenvalue weighted by Gasteiger charge is -2.60. The average molecular weight is 416 g/mol. The Morgan fingerprint density at radius 3 is 2.73 bits per heavy atom. The topological polar surface area (TPSA) is 114 Å². The molecule has 0 N–H and O–H groups in total. The Balaban J connectivity index is 1.45. The molecule has 5 saturated heterocycles. The quantitative estimate of drug-likeness (QED) is 0.397. The van der Waals surface area contributed by atoms with Gasteiger partial charge in [-0.15, -0.1) is 0 Å². The summed E-state index contributed by atoms with van der Waals surface area (Å²) in [6.07, 6.45) is 1.94. The van der Waals surface area contributed by atoms with E-state index in [1.807, 2.05) is 13.0 Å². The summed E-state index contributed by atoms with van der Waals surface area (Å²) in [7, 11) is 1.28. The predicted molar refractivity (Wildman–Crippen MR) is 92.5 cm³/mol. The van der Waals surface area contributed by atoms with Crippen LogP contribution in [-0.4, -0.2) is 54.5 Å². The Labute approximate surface area is 170 Å². The minimum Gasteiger partial charge on any atom is -0.472 e. The Bertz CT molecular complexity index is 1020. The molecule has 0 aromatic carbocycles. The molecule has 2 spiro atoms. The van der Waals surface area contributed by atoms with E-state index in [4.69, 9.17) is 28.1 Å². The number of ether oxygens (including phenoxy) is 5. The summed E-state index contributed by atoms with van der Waals surface area (Å²) in [5.74, 6) is -2.03. The molecule has 158 valence electrons. The standard InChI is InChI=1S/C21H20O9/c1-18-6-11(9-3-4-26-8-9)29-19(18)7-13(28-15(19)22)20-12(18)5-10(27-16(20)23)14-21(20,30-14)17(24)25-2/h3-4,8,10-14H,5-7H2,1-2H3/t10-,11+,12-,13+,14+,18-,19-,20+,21-/m0/s1. The lowest BCUT2D eigenvalue weighted by molar-refractivity contribution is -0.240. The second kappa shape index (κ2) is 4.75. The van der Waals surface area contributed by atoms with Crippen molar-refractivity contribution in [2.24, 2.45) is 16.7 Å². The highest BCUT2D eigenvalue weighted by atomic mass is 16.7. The molecule has 1 aromatic heterocycles. The van der Waals surface area contributed by atoms with Crippen LogP contribution in [0, 0.1) is 16.7 Å². The van der Waals surface area contributed by atoms with Gasteiger partial charge >= 0.3 is 17.9 Å². The van der Waals surface area contributed by atoms with Crippen LogP contribution >= 0.6 is 0 Å². The third-order valence-electron chi connectivity index (χ3n) is 8.83. The van der Waals surface area contributed by atoms with Crippen LogP contribution in [0.4, 0.5) is 0 Å². The number of rotatable bonds is 2. The zero-order chi connectivity index (χ0) is 20.7. The number of esters is 3. The van der Waals surface area contributed by atoms with Crippen molar-refractivity contribution in [3.8, 4) is 0 Å². The van der Waals surface area contributed by atoms with Crippen LogP contribution in [0.2, 0.25) is 0 Å². The first-order valence-electron chi connectivity index (χ1n) is 10.2. The molecule has 5 aliphatic heterocycles. The molecule has 0 radical (unpaired) electrons. The third kappa shape index (κ3) is 1.42. The number of carbonyl (C=O) groups is 3. The van der Waals surface area contributed by atoms with E-state index in [-0.39, 0.29) is 12.5 Å². The van der Waals surface area contributed by atoms with Crippen LogP contribution in [-0.2, 0) is 38.1 Å². The van der Waals surface area contributed by atoms with Crippen molar-refractivity contribution in [1.82, 2.24) is 0 Å². The first-order valence-corrected chi connectivity index (χ1v) is 10.2. The molecule has 4 bridgehead atoms. The third-order valence-corrected chi connectivity index (χ3v) is 8.83. The van der Waals surface area contributed by atoms with Crippen molar-refractivity contribution >= 4 is 17.9 Å². The van der Waals surface area contributed by atoms with Crippen LogP contribution in [0.5, 0.6) is 0 Å². The van der Waals surface area contributed by atoms with Crippen LogP contribution in [0.1, 0.15) is 37.9 Å². The first-order chi connectivity index (χ1) is 14.3. The highest BCUT2D eigenvalue weighted by Crippen LogP contribution is 2.79. The number of carbonyl (C=O) groups excluding carboxylic acids is 3. The predicted octanol–water partition coefficient (Wildman–Crippen LogP) is 1.06. The molecule has 9 atom stereocenters. The number of hydrogen-bond donors (Lipinski definition) is 0. The summed E-state index contributed by atoms with van der Waals surface area (Å²) in [6.45, 7) is 1.97. The van der Waals surface area contributed by atoms with Gasteiger partial charge in [0.2, 0.25) is 5.60 Å². The molecule has 2 aliphatic carbocycles. The molecule has 6 heterocycles. The Morgan fingerprint density at radius 2 is 2.00 bits per heavy atom. The lowest BCUT2D eigenvalue weighted by Crippen LogP contribution is -2.76. The molecule has 9 nitrogen and oxygen atoms in total. The van der Waals surface area contributed by atoms with Crippen molar-refractivity contribution in [1.29, 1.82) is 0 Å². The van der Waals surface area contributed by atoms with Gasteiger partial charge in [-0.2, -0.15) is 0 Å². The van der Waals surface area contributed by atoms with Gasteiger partial charge in [-0.05, 0) is 24.8 Å². The number of fused-ring (bicyclic) bond motifs is 2. The maximum atomic E-state index is 13.5. The summed E-state index contributed by atoms with van der Waals surface area (Å²) in [6, 6.07) is 1.81. The zero-order valence-corrected chi connectivity index (χ0v) is 16.4. The molecule has 8 rings (SSSR count). The molecule has 2 saturated carbocycles. The largest absolute Gasteiger partial charge is 0.472 e. The Hall–Kier alpha value is -2.39. The molecule has 9 heteroatoms. The second-order valence-electron chi connectivity index (χ2n) is 9.58. The fourth-order valence-corrected chi connectivity index (χ4v) is 7.58. The monoisotopic (exact) mass is 416 g/mol. The van der Waals surface area contributed by atoms with Gasteiger partial charge in [-0.25, -0.2) is 9.59 Å². The maximum absolute atomic E-state index is 13.5. The van der Waals surface area contributed by atoms with Gasteiger partial charge in [-0.3, -0.25) is 4.79 Å². The van der Waals surface area contributed by atoms with Crippen LogP contribution < -0.4 is 0 Å². The molecule has 7 aliphatic rings. The Kier molecular flexibility index (Phi) is 2.74. The number of hydrogen-bond acceptors (Lipinski definition) is 9. The summed E-state index contributed by atoms with van der Waals surface area (Å²) >= 11 is 0. The summed E-state index contributed by atoms with van der Waals surface area (Å²) in [5.41, 5.74) is -4.01. The SMILES string of the molecule is COC(=O)[C@@]12O[C@@H]1[C@@H]1C[C@@H]3[C@]2(C(=O)O1)[C@H]1C[C@]2(O[C@@H](c4ccoc4)C[C@@]32C)C(=O)O1. The minimum atomic E-state index is -1.47. The molecule has 30 heavy (non-hydrogen) atoms. The fraction of sp³-hybridized carbons (Fsp3) is 0.667. The minimum absolute atomic E-state index is 0.168. The van der Waals surface area contributed by atoms with Gasteiger partial charge in [0.15, 0.2) is 11.0 Å². The highest BCUT2D eigenvalue weighted by molar-refractivity contribution is 5.99. The molecule has 1 aromatic rings. The molecule has 7 fully saturated rings. The molecule has 0 amide bonds. The molecular weight excluding hydrogens is 396 g/mol. The summed E-state index contributed by atoms with van der Waals surface area (Å²) in [4.78, 5) is 39.7. The van der Waals surface area contributed by atoms with E-state index >= 15 is 0 Å². The smallest absolute Gasteiger partial charge is 0.342 e. The van der Waals surface area contributed by atoms with Crippen molar-refractivity contribution in [3.63, 3.8) is 0 Å². The number of methoxy groups -OCH3 is 1. The summed E-state index contributed by atoms with van der Waals surface area (Å²) < 4.78 is 34.2. The number of epoxide rings is 1. The Morgan fingerprint density at radius 1 is 1.17 bits per heavy atom. The van der Waals surface area contributed by atoms with Crippen molar-refractivity contribution in [2.75, 3.05) is 7.11 Å². The van der Waals surface area contributed by atoms with Gasteiger partial charge < -0.3 is 28.1 Å². The van der Waals surface area contributed by atoms with E-state index in [1.54, 1.807) is 12.5 Å². The normalized spacial score (nSPS) is 54.0. The van der Waals surface area contributed by atoms with E-state index in [0.29, 0.717) is 12.8 Å². The highest BCUT2D eigenvalue weighted by Gasteiger charge is 2.96. The van der Waals surface area contributed by atoms with Crippen molar-refractivity contribution in [3.05, 3.63) is 24.2 Å². The van der Waals surface area contributed by atoms with Gasteiger partial charge in [-0.1, -0.05) is 6.92 Å². The van der Waals surface area contributed by atoms with Crippen molar-refractivity contribution < 1.29 is 42.5 Å². The van der Waals surface area contributed by atoms with Crippen LogP contribution in [0.15, 0.2) is 23.0 Å². The second-order valence-corrected chi connectivity index (χ2v) is 9.58. The van der Waals surface area contributed by atoms with Gasteiger partial charge in [0.1, 0.15) is 18.3 Å². The van der Waals surface area contributed by atoms with Crippen LogP contribution in [0.3, 0.4) is 0 Å². The van der Waals surface area contributed by atoms with Crippen molar-refractivity contribution in [2.45, 2.75) is 61.8 Å². The van der Waals surface area contributed by atoms with Gasteiger partial charge in [0, 0.05) is 17.4 Å². The average Bonchev–Trinajstić information content (AvgIpc) is 3.02. The van der Waals surface area contributed by atoms with Gasteiger partial charge in [0.25, 0.3) is 0 Å². The molecule has 0 unspecified atom stereocenters. The first kappa shape index (κ1) is 17.3. The van der Waals surface area contributed by atoms with E-state index in [1.165, 1.54) is 7.11 Å². The molecular formula is C21H20O9. The van der Waals surface area contributed by atoms with Crippen LogP contribution in [0.25, 0.3) is 0 Å². The lowest BCUT2D eigenvalue weighted by atomic mass is 9.41. The van der Waals surface area contributed by atoms with E-state index in [9.17, 15) is 14.4 Å². The van der Waals surface area contributed by atoms with Gasteiger partial charge in [0.05, 0.1) is 25.7 Å². The zero-order valence-electron chi connectivity index (χ0n) is 16.4. The van der Waals surface area contributed by atoms with E-state index in [2.05, 4.69) is 0 Å².